The molecule has 5 nitrogen and oxygen atoms in total. The minimum Gasteiger partial charge on any atom is -0.343 e. The molecule has 0 saturated heterocycles. The first-order valence-corrected chi connectivity index (χ1v) is 6.73. The number of hydrogen-bond acceptors (Lipinski definition) is 3. The summed E-state index contributed by atoms with van der Waals surface area (Å²) in [5.74, 6) is -0.779. The Bertz CT molecular complexity index is 742. The lowest BCUT2D eigenvalue weighted by atomic mass is 10.0. The average molecular weight is 325 g/mol. The highest BCUT2D eigenvalue weighted by atomic mass is 19.4. The minimum atomic E-state index is -4.44. The van der Waals surface area contributed by atoms with E-state index in [-0.39, 0.29) is 5.69 Å². The molecule has 1 aromatic heterocycles. The lowest BCUT2D eigenvalue weighted by molar-refractivity contribution is -0.139. The average Bonchev–Trinajstić information content (AvgIpc) is 2.49. The Kier molecular flexibility index (Phi) is 4.83. The molecule has 0 fully saturated rings. The van der Waals surface area contributed by atoms with E-state index >= 15 is 0 Å². The third kappa shape index (κ3) is 4.67. The molecule has 1 atom stereocenters. The van der Waals surface area contributed by atoms with E-state index in [2.05, 4.69) is 10.4 Å². The maximum Gasteiger partial charge on any atom is 0.391 e. The molecule has 1 heterocycles. The molecule has 0 aliphatic rings. The summed E-state index contributed by atoms with van der Waals surface area (Å²) in [6.45, 7) is 0. The summed E-state index contributed by atoms with van der Waals surface area (Å²) in [6, 6.07) is 8.93. The van der Waals surface area contributed by atoms with Gasteiger partial charge in [0.2, 0.25) is 0 Å². The van der Waals surface area contributed by atoms with Crippen LogP contribution in [0.2, 0.25) is 0 Å². The number of alkyl halides is 3. The summed E-state index contributed by atoms with van der Waals surface area (Å²) in [4.78, 5) is 23.4. The number of aryl methyl sites for hydroxylation is 1. The van der Waals surface area contributed by atoms with Crippen LogP contribution in [0.15, 0.2) is 47.3 Å². The van der Waals surface area contributed by atoms with Gasteiger partial charge in [-0.1, -0.05) is 30.3 Å². The van der Waals surface area contributed by atoms with Gasteiger partial charge < -0.3 is 5.32 Å². The van der Waals surface area contributed by atoms with Crippen molar-refractivity contribution in [1.29, 1.82) is 0 Å². The lowest BCUT2D eigenvalue weighted by Crippen LogP contribution is -2.33. The molecule has 0 aliphatic heterocycles. The number of hydrogen-bond donors (Lipinski definition) is 1. The molecule has 1 N–H and O–H groups in total. The standard InChI is InChI=1S/C15H14F3N3O2/c1-21-13(22)8-7-11(20-21)14(23)19-12(9-15(16,17)18)10-5-3-2-4-6-10/h2-8,12H,9H2,1H3,(H,19,23)/t12-/m0/s1. The fourth-order valence-electron chi connectivity index (χ4n) is 2.02. The van der Waals surface area contributed by atoms with Crippen LogP contribution < -0.4 is 10.9 Å². The summed E-state index contributed by atoms with van der Waals surface area (Å²) in [5.41, 5.74) is -0.213. The summed E-state index contributed by atoms with van der Waals surface area (Å²) >= 11 is 0. The second-order valence-electron chi connectivity index (χ2n) is 4.94. The highest BCUT2D eigenvalue weighted by Gasteiger charge is 2.33. The zero-order valence-electron chi connectivity index (χ0n) is 12.2. The molecule has 0 saturated carbocycles. The summed E-state index contributed by atoms with van der Waals surface area (Å²) in [7, 11) is 1.35. The smallest absolute Gasteiger partial charge is 0.343 e. The summed E-state index contributed by atoms with van der Waals surface area (Å²) in [6.07, 6.45) is -5.64. The van der Waals surface area contributed by atoms with E-state index in [4.69, 9.17) is 0 Å². The van der Waals surface area contributed by atoms with E-state index in [1.165, 1.54) is 25.2 Å². The van der Waals surface area contributed by atoms with E-state index in [9.17, 15) is 22.8 Å². The van der Waals surface area contributed by atoms with Gasteiger partial charge >= 0.3 is 6.18 Å². The predicted octanol–water partition coefficient (Wildman–Crippen LogP) is 2.20. The van der Waals surface area contributed by atoms with Gasteiger partial charge in [0.25, 0.3) is 11.5 Å². The van der Waals surface area contributed by atoms with E-state index < -0.39 is 30.1 Å². The molecule has 0 bridgehead atoms. The number of carbonyl (C=O) groups is 1. The van der Waals surface area contributed by atoms with Crippen LogP contribution in [0.25, 0.3) is 0 Å². The van der Waals surface area contributed by atoms with Gasteiger partial charge in [-0.15, -0.1) is 0 Å². The topological polar surface area (TPSA) is 64.0 Å². The number of amides is 1. The SMILES string of the molecule is Cn1nc(C(=O)N[C@@H](CC(F)(F)F)c2ccccc2)ccc1=O. The number of carbonyl (C=O) groups excluding carboxylic acids is 1. The normalized spacial score (nSPS) is 12.7. The first kappa shape index (κ1) is 16.7. The number of nitrogens with one attached hydrogen (secondary N) is 1. The van der Waals surface area contributed by atoms with Crippen LogP contribution in [0.4, 0.5) is 13.2 Å². The van der Waals surface area contributed by atoms with Crippen LogP contribution >= 0.6 is 0 Å². The van der Waals surface area contributed by atoms with Gasteiger partial charge in [0.05, 0.1) is 12.5 Å². The van der Waals surface area contributed by atoms with Gasteiger partial charge in [0.1, 0.15) is 5.69 Å². The quantitative estimate of drug-likeness (QED) is 0.937. The van der Waals surface area contributed by atoms with Crippen LogP contribution in [0.5, 0.6) is 0 Å². The fourth-order valence-corrected chi connectivity index (χ4v) is 2.02. The number of nitrogens with zero attached hydrogens (tertiary/aromatic N) is 2. The maximum atomic E-state index is 12.7. The minimum absolute atomic E-state index is 0.129. The molecule has 2 rings (SSSR count). The Labute approximate surface area is 129 Å². The van der Waals surface area contributed by atoms with Crippen molar-refractivity contribution in [3.8, 4) is 0 Å². The molecule has 8 heteroatoms. The third-order valence-electron chi connectivity index (χ3n) is 3.14. The number of aromatic nitrogens is 2. The van der Waals surface area contributed by atoms with Crippen molar-refractivity contribution in [1.82, 2.24) is 15.1 Å². The van der Waals surface area contributed by atoms with E-state index in [0.717, 1.165) is 10.7 Å². The molecule has 122 valence electrons. The predicted molar refractivity (Wildman–Crippen MR) is 76.8 cm³/mol. The van der Waals surface area contributed by atoms with Crippen molar-refractivity contribution < 1.29 is 18.0 Å². The highest BCUT2D eigenvalue weighted by molar-refractivity contribution is 5.92. The van der Waals surface area contributed by atoms with Crippen LogP contribution in [0.3, 0.4) is 0 Å². The van der Waals surface area contributed by atoms with Crippen LogP contribution in [0, 0.1) is 0 Å². The number of rotatable bonds is 4. The molecule has 0 radical (unpaired) electrons. The molecule has 1 amide bonds. The largest absolute Gasteiger partial charge is 0.391 e. The monoisotopic (exact) mass is 325 g/mol. The molecule has 23 heavy (non-hydrogen) atoms. The fraction of sp³-hybridized carbons (Fsp3) is 0.267. The molecule has 0 spiro atoms. The lowest BCUT2D eigenvalue weighted by Gasteiger charge is -2.20. The molecular formula is C15H14F3N3O2. The van der Waals surface area contributed by atoms with Gasteiger partial charge in [0, 0.05) is 13.1 Å². The highest BCUT2D eigenvalue weighted by Crippen LogP contribution is 2.29. The summed E-state index contributed by atoms with van der Waals surface area (Å²) < 4.78 is 39.2. The van der Waals surface area contributed by atoms with Crippen molar-refractivity contribution >= 4 is 5.91 Å². The second kappa shape index (κ2) is 6.64. The van der Waals surface area contributed by atoms with Gasteiger partial charge in [-0.05, 0) is 11.6 Å². The Morgan fingerprint density at radius 1 is 1.22 bits per heavy atom. The van der Waals surface area contributed by atoms with Crippen LogP contribution in [-0.2, 0) is 7.05 Å². The first-order chi connectivity index (χ1) is 10.8. The van der Waals surface area contributed by atoms with Crippen LogP contribution in [0.1, 0.15) is 28.5 Å². The molecular weight excluding hydrogens is 311 g/mol. The zero-order chi connectivity index (χ0) is 17.0. The van der Waals surface area contributed by atoms with Crippen molar-refractivity contribution in [2.45, 2.75) is 18.6 Å². The van der Waals surface area contributed by atoms with Gasteiger partial charge in [-0.2, -0.15) is 18.3 Å². The number of benzene rings is 1. The van der Waals surface area contributed by atoms with E-state index in [0.29, 0.717) is 5.56 Å². The molecule has 1 aromatic carbocycles. The van der Waals surface area contributed by atoms with Gasteiger partial charge in [-0.25, -0.2) is 4.68 Å². The zero-order valence-corrected chi connectivity index (χ0v) is 12.2. The van der Waals surface area contributed by atoms with Crippen molar-refractivity contribution in [2.24, 2.45) is 7.05 Å². The molecule has 0 aliphatic carbocycles. The van der Waals surface area contributed by atoms with Crippen molar-refractivity contribution in [2.75, 3.05) is 0 Å². The van der Waals surface area contributed by atoms with Gasteiger partial charge in [-0.3, -0.25) is 9.59 Å². The number of halogens is 3. The summed E-state index contributed by atoms with van der Waals surface area (Å²) in [5, 5.41) is 6.04. The Hall–Kier alpha value is -2.64. The van der Waals surface area contributed by atoms with E-state index in [1.54, 1.807) is 18.2 Å². The first-order valence-electron chi connectivity index (χ1n) is 6.73. The van der Waals surface area contributed by atoms with E-state index in [1.807, 2.05) is 0 Å². The molecule has 2 aromatic rings. The molecule has 0 unspecified atom stereocenters. The van der Waals surface area contributed by atoms with Gasteiger partial charge in [0.15, 0.2) is 0 Å². The second-order valence-corrected chi connectivity index (χ2v) is 4.94. The third-order valence-corrected chi connectivity index (χ3v) is 3.14. The Morgan fingerprint density at radius 2 is 1.87 bits per heavy atom. The maximum absolute atomic E-state index is 12.7. The Morgan fingerprint density at radius 3 is 2.43 bits per heavy atom. The van der Waals surface area contributed by atoms with Crippen molar-refractivity contribution in [3.05, 3.63) is 64.1 Å². The van der Waals surface area contributed by atoms with Crippen molar-refractivity contribution in [3.63, 3.8) is 0 Å². The van der Waals surface area contributed by atoms with Crippen LogP contribution in [-0.4, -0.2) is 21.9 Å². The Balaban J connectivity index is 2.24.